The number of aromatic nitrogens is 2. The van der Waals surface area contributed by atoms with Crippen molar-refractivity contribution in [1.29, 1.82) is 0 Å². The highest BCUT2D eigenvalue weighted by Gasteiger charge is 2.36. The van der Waals surface area contributed by atoms with Crippen molar-refractivity contribution in [3.8, 4) is 11.3 Å². The number of amides is 3. The van der Waals surface area contributed by atoms with Crippen LogP contribution in [-0.2, 0) is 4.79 Å². The Morgan fingerprint density at radius 3 is 2.23 bits per heavy atom. The fraction of sp³-hybridized carbons (Fsp3) is 0.0526. The number of rotatable bonds is 4. The number of carbonyl (C=O) groups excluding carboxylic acids is 3. The number of H-pyrrole nitrogens is 1. The Hall–Kier alpha value is -3.74. The van der Waals surface area contributed by atoms with Gasteiger partial charge in [0.15, 0.2) is 0 Å². The van der Waals surface area contributed by atoms with Crippen molar-refractivity contribution >= 4 is 23.4 Å². The molecule has 0 fully saturated rings. The van der Waals surface area contributed by atoms with E-state index >= 15 is 0 Å². The lowest BCUT2D eigenvalue weighted by Gasteiger charge is -2.13. The number of anilines is 1. The molecule has 7 heteroatoms. The fourth-order valence-electron chi connectivity index (χ4n) is 2.87. The number of carbonyl (C=O) groups is 3. The lowest BCUT2D eigenvalue weighted by Crippen LogP contribution is -2.37. The summed E-state index contributed by atoms with van der Waals surface area (Å²) < 4.78 is 0. The predicted molar refractivity (Wildman–Crippen MR) is 94.5 cm³/mol. The van der Waals surface area contributed by atoms with Crippen LogP contribution in [0.2, 0.25) is 0 Å². The molecule has 0 saturated carbocycles. The molecular weight excluding hydrogens is 332 g/mol. The third-order valence-electron chi connectivity index (χ3n) is 4.16. The van der Waals surface area contributed by atoms with E-state index < -0.39 is 17.7 Å². The van der Waals surface area contributed by atoms with Gasteiger partial charge in [-0.2, -0.15) is 0 Å². The molecule has 0 spiro atoms. The zero-order chi connectivity index (χ0) is 18.1. The van der Waals surface area contributed by atoms with Gasteiger partial charge in [-0.25, -0.2) is 4.98 Å². The molecular formula is C19H14N4O3. The molecule has 1 aliphatic rings. The van der Waals surface area contributed by atoms with Crippen LogP contribution in [0, 0.1) is 0 Å². The molecule has 4 rings (SSSR count). The van der Waals surface area contributed by atoms with Gasteiger partial charge in [0.25, 0.3) is 11.8 Å². The SMILES string of the molecule is O=C(CN1C(=O)c2ccccc2C1=O)Nc1ccc(-c2cnc[nH]2)cc1. The highest BCUT2D eigenvalue weighted by atomic mass is 16.2. The monoisotopic (exact) mass is 346 g/mol. The van der Waals surface area contributed by atoms with Crippen LogP contribution in [0.4, 0.5) is 5.69 Å². The molecule has 0 bridgehead atoms. The van der Waals surface area contributed by atoms with E-state index in [2.05, 4.69) is 15.3 Å². The van der Waals surface area contributed by atoms with Crippen LogP contribution >= 0.6 is 0 Å². The maximum absolute atomic E-state index is 12.3. The predicted octanol–water partition coefficient (Wildman–Crippen LogP) is 2.31. The third kappa shape index (κ3) is 2.75. The van der Waals surface area contributed by atoms with Gasteiger partial charge in [0.1, 0.15) is 6.54 Å². The minimum Gasteiger partial charge on any atom is -0.345 e. The first-order chi connectivity index (χ1) is 12.6. The van der Waals surface area contributed by atoms with Crippen molar-refractivity contribution in [3.05, 3.63) is 72.2 Å². The molecule has 2 heterocycles. The second kappa shape index (κ2) is 6.29. The van der Waals surface area contributed by atoms with Crippen LogP contribution in [0.3, 0.4) is 0 Å². The molecule has 0 radical (unpaired) electrons. The zero-order valence-electron chi connectivity index (χ0n) is 13.6. The van der Waals surface area contributed by atoms with E-state index in [9.17, 15) is 14.4 Å². The minimum absolute atomic E-state index is 0.325. The standard InChI is InChI=1S/C19H14N4O3/c24-17(10-23-18(25)14-3-1-2-4-15(14)19(23)26)22-13-7-5-12(6-8-13)16-9-20-11-21-16/h1-9,11H,10H2,(H,20,21)(H,22,24). The number of hydrogen-bond donors (Lipinski definition) is 2. The molecule has 0 aliphatic carbocycles. The summed E-state index contributed by atoms with van der Waals surface area (Å²) in [5, 5.41) is 2.70. The molecule has 7 nitrogen and oxygen atoms in total. The molecule has 3 amide bonds. The fourth-order valence-corrected chi connectivity index (χ4v) is 2.87. The summed E-state index contributed by atoms with van der Waals surface area (Å²) in [5.74, 6) is -1.33. The first kappa shape index (κ1) is 15.8. The van der Waals surface area contributed by atoms with Gasteiger partial charge in [0, 0.05) is 5.69 Å². The van der Waals surface area contributed by atoms with Crippen LogP contribution in [0.5, 0.6) is 0 Å². The molecule has 2 N–H and O–H groups in total. The molecule has 0 unspecified atom stereocenters. The molecule has 2 aromatic carbocycles. The van der Waals surface area contributed by atoms with Crippen molar-refractivity contribution in [1.82, 2.24) is 14.9 Å². The lowest BCUT2D eigenvalue weighted by molar-refractivity contribution is -0.116. The topological polar surface area (TPSA) is 95.2 Å². The van der Waals surface area contributed by atoms with Crippen LogP contribution in [-0.4, -0.2) is 39.1 Å². The summed E-state index contributed by atoms with van der Waals surface area (Å²) >= 11 is 0. The van der Waals surface area contributed by atoms with E-state index in [0.717, 1.165) is 16.2 Å². The Morgan fingerprint density at radius 1 is 1.00 bits per heavy atom. The van der Waals surface area contributed by atoms with Gasteiger partial charge >= 0.3 is 0 Å². The Morgan fingerprint density at radius 2 is 1.65 bits per heavy atom. The van der Waals surface area contributed by atoms with Gasteiger partial charge in [0.2, 0.25) is 5.91 Å². The van der Waals surface area contributed by atoms with E-state index in [1.807, 2.05) is 12.1 Å². The molecule has 128 valence electrons. The maximum Gasteiger partial charge on any atom is 0.262 e. The Kier molecular flexibility index (Phi) is 3.81. The molecule has 0 atom stereocenters. The average Bonchev–Trinajstić information content (AvgIpc) is 3.27. The van der Waals surface area contributed by atoms with Crippen molar-refractivity contribution in [2.45, 2.75) is 0 Å². The van der Waals surface area contributed by atoms with E-state index in [0.29, 0.717) is 16.8 Å². The molecule has 1 aromatic heterocycles. The summed E-state index contributed by atoms with van der Waals surface area (Å²) in [6.07, 6.45) is 3.29. The highest BCUT2D eigenvalue weighted by Crippen LogP contribution is 2.22. The average molecular weight is 346 g/mol. The van der Waals surface area contributed by atoms with Gasteiger partial charge in [-0.1, -0.05) is 24.3 Å². The highest BCUT2D eigenvalue weighted by molar-refractivity contribution is 6.22. The number of hydrogen-bond acceptors (Lipinski definition) is 4. The van der Waals surface area contributed by atoms with Crippen molar-refractivity contribution in [2.24, 2.45) is 0 Å². The van der Waals surface area contributed by atoms with Crippen molar-refractivity contribution < 1.29 is 14.4 Å². The van der Waals surface area contributed by atoms with E-state index in [-0.39, 0.29) is 6.54 Å². The first-order valence-corrected chi connectivity index (χ1v) is 7.97. The second-order valence-corrected chi connectivity index (χ2v) is 5.83. The quantitative estimate of drug-likeness (QED) is 0.709. The normalized spacial score (nSPS) is 13.0. The van der Waals surface area contributed by atoms with Gasteiger partial charge in [0.05, 0.1) is 29.3 Å². The molecule has 26 heavy (non-hydrogen) atoms. The zero-order valence-corrected chi connectivity index (χ0v) is 13.6. The van der Waals surface area contributed by atoms with Crippen LogP contribution in [0.1, 0.15) is 20.7 Å². The van der Waals surface area contributed by atoms with Crippen LogP contribution < -0.4 is 5.32 Å². The number of fused-ring (bicyclic) bond motifs is 1. The minimum atomic E-state index is -0.449. The van der Waals surface area contributed by atoms with Crippen LogP contribution in [0.25, 0.3) is 11.3 Å². The van der Waals surface area contributed by atoms with Gasteiger partial charge in [-0.05, 0) is 29.8 Å². The number of nitrogens with one attached hydrogen (secondary N) is 2. The largest absolute Gasteiger partial charge is 0.345 e. The second-order valence-electron chi connectivity index (χ2n) is 5.83. The van der Waals surface area contributed by atoms with Crippen molar-refractivity contribution in [2.75, 3.05) is 11.9 Å². The van der Waals surface area contributed by atoms with Gasteiger partial charge < -0.3 is 10.3 Å². The Bertz CT molecular complexity index is 959. The Labute approximate surface area is 148 Å². The number of benzene rings is 2. The van der Waals surface area contributed by atoms with Gasteiger partial charge in [-0.3, -0.25) is 19.3 Å². The number of nitrogens with zero attached hydrogens (tertiary/aromatic N) is 2. The number of imide groups is 1. The molecule has 3 aromatic rings. The smallest absolute Gasteiger partial charge is 0.262 e. The molecule has 1 aliphatic heterocycles. The van der Waals surface area contributed by atoms with Crippen molar-refractivity contribution in [3.63, 3.8) is 0 Å². The Balaban J connectivity index is 1.43. The third-order valence-corrected chi connectivity index (χ3v) is 4.16. The summed E-state index contributed by atoms with van der Waals surface area (Å²) in [5.41, 5.74) is 3.04. The maximum atomic E-state index is 12.3. The van der Waals surface area contributed by atoms with Crippen LogP contribution in [0.15, 0.2) is 61.1 Å². The number of aromatic amines is 1. The van der Waals surface area contributed by atoms with E-state index in [1.165, 1.54) is 0 Å². The summed E-state index contributed by atoms with van der Waals surface area (Å²) in [6, 6.07) is 13.7. The number of imidazole rings is 1. The molecule has 0 saturated heterocycles. The van der Waals surface area contributed by atoms with Gasteiger partial charge in [-0.15, -0.1) is 0 Å². The summed E-state index contributed by atoms with van der Waals surface area (Å²) in [7, 11) is 0. The summed E-state index contributed by atoms with van der Waals surface area (Å²) in [6.45, 7) is -0.325. The summed E-state index contributed by atoms with van der Waals surface area (Å²) in [4.78, 5) is 44.7. The van der Waals surface area contributed by atoms with E-state index in [1.54, 1.807) is 48.9 Å². The van der Waals surface area contributed by atoms with E-state index in [4.69, 9.17) is 0 Å². The lowest BCUT2D eigenvalue weighted by atomic mass is 10.1. The first-order valence-electron chi connectivity index (χ1n) is 7.97.